The fourth-order valence-corrected chi connectivity index (χ4v) is 2.01. The van der Waals surface area contributed by atoms with Crippen LogP contribution in [0.1, 0.15) is 19.3 Å². The van der Waals surface area contributed by atoms with E-state index in [4.69, 9.17) is 11.6 Å². The second-order valence-corrected chi connectivity index (χ2v) is 3.58. The molecule has 0 aliphatic heterocycles. The molecule has 0 aromatic rings. The molecule has 1 atom stereocenters. The van der Waals surface area contributed by atoms with Gasteiger partial charge in [0, 0.05) is 11.5 Å². The Hall–Kier alpha value is -0.560. The van der Waals surface area contributed by atoms with E-state index in [0.29, 0.717) is 18.1 Å². The van der Waals surface area contributed by atoms with E-state index in [9.17, 15) is 4.79 Å². The highest BCUT2D eigenvalue weighted by molar-refractivity contribution is 6.30. The van der Waals surface area contributed by atoms with Crippen LogP contribution < -0.4 is 0 Å². The van der Waals surface area contributed by atoms with E-state index in [2.05, 4.69) is 0 Å². The largest absolute Gasteiger partial charge is 0.295 e. The number of hydrogen-bond acceptors (Lipinski definition) is 1. The van der Waals surface area contributed by atoms with Crippen LogP contribution in [-0.4, -0.2) is 5.78 Å². The average molecular weight is 169 g/mol. The van der Waals surface area contributed by atoms with Gasteiger partial charge in [0.1, 0.15) is 0 Å². The number of Topliss-reactive ketones (excluding diaryl/α,β-unsaturated/α-hetero) is 1. The Labute approximate surface area is 70.7 Å². The summed E-state index contributed by atoms with van der Waals surface area (Å²) in [5.41, 5.74) is 0.995. The van der Waals surface area contributed by atoms with Crippen LogP contribution in [0.15, 0.2) is 22.8 Å². The van der Waals surface area contributed by atoms with Crippen molar-refractivity contribution in [3.63, 3.8) is 0 Å². The van der Waals surface area contributed by atoms with Crippen LogP contribution in [0.25, 0.3) is 0 Å². The lowest BCUT2D eigenvalue weighted by Crippen LogP contribution is -2.04. The Balaban J connectivity index is 2.32. The Morgan fingerprint density at radius 2 is 2.27 bits per heavy atom. The topological polar surface area (TPSA) is 17.1 Å². The minimum atomic E-state index is 0.315. The molecule has 1 fully saturated rings. The van der Waals surface area contributed by atoms with Crippen molar-refractivity contribution in [3.8, 4) is 0 Å². The summed E-state index contributed by atoms with van der Waals surface area (Å²) >= 11 is 5.84. The van der Waals surface area contributed by atoms with Crippen LogP contribution in [-0.2, 0) is 4.79 Å². The van der Waals surface area contributed by atoms with Crippen LogP contribution in [0.3, 0.4) is 0 Å². The number of ketones is 1. The standard InChI is InChI=1S/C9H9ClO/c10-7-2-3-8-6(5-7)1-4-9(8)11/h2-3,6H,1,4-5H2. The van der Waals surface area contributed by atoms with Gasteiger partial charge in [-0.15, -0.1) is 0 Å². The van der Waals surface area contributed by atoms with Gasteiger partial charge < -0.3 is 0 Å². The Bertz CT molecular complexity index is 263. The van der Waals surface area contributed by atoms with Crippen molar-refractivity contribution >= 4 is 17.4 Å². The third-order valence-electron chi connectivity index (χ3n) is 2.37. The molecule has 11 heavy (non-hydrogen) atoms. The molecule has 0 amide bonds. The van der Waals surface area contributed by atoms with Crippen LogP contribution in [0.5, 0.6) is 0 Å². The first-order valence-corrected chi connectivity index (χ1v) is 4.24. The lowest BCUT2D eigenvalue weighted by Gasteiger charge is -2.13. The van der Waals surface area contributed by atoms with Gasteiger partial charge in [-0.25, -0.2) is 0 Å². The zero-order chi connectivity index (χ0) is 7.84. The van der Waals surface area contributed by atoms with Crippen molar-refractivity contribution in [1.82, 2.24) is 0 Å². The van der Waals surface area contributed by atoms with E-state index in [1.807, 2.05) is 12.2 Å². The summed E-state index contributed by atoms with van der Waals surface area (Å²) < 4.78 is 0. The third kappa shape index (κ3) is 1.14. The van der Waals surface area contributed by atoms with Crippen molar-refractivity contribution in [2.75, 3.05) is 0 Å². The van der Waals surface area contributed by atoms with E-state index in [1.54, 1.807) is 0 Å². The minimum absolute atomic E-state index is 0.315. The summed E-state index contributed by atoms with van der Waals surface area (Å²) in [6.07, 6.45) is 6.31. The minimum Gasteiger partial charge on any atom is -0.295 e. The van der Waals surface area contributed by atoms with Gasteiger partial charge >= 0.3 is 0 Å². The van der Waals surface area contributed by atoms with Gasteiger partial charge in [0.2, 0.25) is 0 Å². The maximum absolute atomic E-state index is 11.2. The summed E-state index contributed by atoms with van der Waals surface area (Å²) in [5.74, 6) is 0.746. The number of hydrogen-bond donors (Lipinski definition) is 0. The predicted octanol–water partition coefficient (Wildman–Crippen LogP) is 2.42. The molecule has 1 nitrogen and oxygen atoms in total. The van der Waals surface area contributed by atoms with Gasteiger partial charge in [0.05, 0.1) is 0 Å². The highest BCUT2D eigenvalue weighted by Gasteiger charge is 2.29. The summed E-state index contributed by atoms with van der Waals surface area (Å²) in [6.45, 7) is 0. The Kier molecular flexibility index (Phi) is 1.61. The molecule has 0 N–H and O–H groups in total. The van der Waals surface area contributed by atoms with E-state index in [0.717, 1.165) is 23.4 Å². The third-order valence-corrected chi connectivity index (χ3v) is 2.65. The van der Waals surface area contributed by atoms with Gasteiger partial charge in [0.25, 0.3) is 0 Å². The van der Waals surface area contributed by atoms with E-state index in [-0.39, 0.29) is 0 Å². The van der Waals surface area contributed by atoms with Crippen molar-refractivity contribution in [2.24, 2.45) is 5.92 Å². The number of halogens is 1. The highest BCUT2D eigenvalue weighted by Crippen LogP contribution is 2.36. The number of allylic oxidation sites excluding steroid dienone is 4. The molecular formula is C9H9ClO. The Morgan fingerprint density at radius 1 is 1.45 bits per heavy atom. The predicted molar refractivity (Wildman–Crippen MR) is 44.4 cm³/mol. The van der Waals surface area contributed by atoms with Crippen LogP contribution in [0.2, 0.25) is 0 Å². The monoisotopic (exact) mass is 168 g/mol. The van der Waals surface area contributed by atoms with Gasteiger partial charge in [0.15, 0.2) is 5.78 Å². The smallest absolute Gasteiger partial charge is 0.159 e. The molecule has 58 valence electrons. The summed E-state index contributed by atoms with van der Waals surface area (Å²) in [6, 6.07) is 0. The number of fused-ring (bicyclic) bond motifs is 1. The molecule has 0 saturated heterocycles. The van der Waals surface area contributed by atoms with Gasteiger partial charge in [-0.2, -0.15) is 0 Å². The molecule has 0 heterocycles. The first-order chi connectivity index (χ1) is 5.27. The molecule has 0 radical (unpaired) electrons. The maximum Gasteiger partial charge on any atom is 0.159 e. The van der Waals surface area contributed by atoms with Crippen molar-refractivity contribution < 1.29 is 4.79 Å². The lowest BCUT2D eigenvalue weighted by atomic mass is 9.94. The normalized spacial score (nSPS) is 29.5. The summed E-state index contributed by atoms with van der Waals surface area (Å²) in [4.78, 5) is 11.2. The first kappa shape index (κ1) is 7.11. The van der Waals surface area contributed by atoms with Crippen molar-refractivity contribution in [2.45, 2.75) is 19.3 Å². The number of rotatable bonds is 0. The SMILES string of the molecule is O=C1CCC2CC(Cl)=CC=C12. The molecule has 1 unspecified atom stereocenters. The fourth-order valence-electron chi connectivity index (χ4n) is 1.76. The molecule has 2 rings (SSSR count). The molecule has 0 aromatic heterocycles. The van der Waals surface area contributed by atoms with Crippen LogP contribution in [0, 0.1) is 5.92 Å². The average Bonchev–Trinajstić information content (AvgIpc) is 2.32. The quantitative estimate of drug-likeness (QED) is 0.543. The van der Waals surface area contributed by atoms with Crippen LogP contribution >= 0.6 is 11.6 Å². The van der Waals surface area contributed by atoms with E-state index in [1.165, 1.54) is 0 Å². The molecule has 1 saturated carbocycles. The molecule has 2 heteroatoms. The molecule has 0 aromatic carbocycles. The van der Waals surface area contributed by atoms with Gasteiger partial charge in [-0.1, -0.05) is 17.7 Å². The van der Waals surface area contributed by atoms with Gasteiger partial charge in [-0.3, -0.25) is 4.79 Å². The summed E-state index contributed by atoms with van der Waals surface area (Å²) in [7, 11) is 0. The molecule has 0 bridgehead atoms. The first-order valence-electron chi connectivity index (χ1n) is 3.87. The summed E-state index contributed by atoms with van der Waals surface area (Å²) in [5, 5.41) is 0.883. The van der Waals surface area contributed by atoms with Crippen molar-refractivity contribution in [3.05, 3.63) is 22.8 Å². The van der Waals surface area contributed by atoms with Gasteiger partial charge in [-0.05, 0) is 30.4 Å². The van der Waals surface area contributed by atoms with Crippen LogP contribution in [0.4, 0.5) is 0 Å². The number of carbonyl (C=O) groups is 1. The van der Waals surface area contributed by atoms with E-state index >= 15 is 0 Å². The second-order valence-electron chi connectivity index (χ2n) is 3.10. The molecule has 2 aliphatic rings. The second kappa shape index (κ2) is 2.49. The van der Waals surface area contributed by atoms with Crippen molar-refractivity contribution in [1.29, 1.82) is 0 Å². The highest BCUT2D eigenvalue weighted by atomic mass is 35.5. The molecule has 2 aliphatic carbocycles. The lowest BCUT2D eigenvalue weighted by molar-refractivity contribution is -0.114. The Morgan fingerprint density at radius 3 is 3.09 bits per heavy atom. The fraction of sp³-hybridized carbons (Fsp3) is 0.444. The maximum atomic E-state index is 11.2. The van der Waals surface area contributed by atoms with E-state index < -0.39 is 0 Å². The zero-order valence-electron chi connectivity index (χ0n) is 6.14. The zero-order valence-corrected chi connectivity index (χ0v) is 6.90. The molecule has 0 spiro atoms. The number of carbonyl (C=O) groups excluding carboxylic acids is 1. The molecular weight excluding hydrogens is 160 g/mol.